The summed E-state index contributed by atoms with van der Waals surface area (Å²) in [5, 5.41) is 4.24. The molecule has 0 aliphatic rings. The number of ether oxygens (including phenoxy) is 1. The third kappa shape index (κ3) is 4.24. The molecule has 25 heavy (non-hydrogen) atoms. The van der Waals surface area contributed by atoms with Crippen LogP contribution >= 0.6 is 23.2 Å². The number of aromatic amines is 1. The number of carbonyl (C=O) groups is 2. The number of methoxy groups -OCH3 is 1. The van der Waals surface area contributed by atoms with Crippen LogP contribution in [0.25, 0.3) is 0 Å². The van der Waals surface area contributed by atoms with Crippen molar-refractivity contribution in [2.75, 3.05) is 13.7 Å². The molecule has 0 aliphatic heterocycles. The summed E-state index contributed by atoms with van der Waals surface area (Å²) in [6.45, 7) is 5.47. The van der Waals surface area contributed by atoms with Crippen molar-refractivity contribution in [2.24, 2.45) is 0 Å². The first-order valence-electron chi connectivity index (χ1n) is 7.75. The molecular formula is C18H20Cl2N2O3. The topological polar surface area (TPSA) is 71.2 Å². The molecule has 1 aromatic heterocycles. The highest BCUT2D eigenvalue weighted by atomic mass is 35.5. The average molecular weight is 383 g/mol. The lowest BCUT2D eigenvalue weighted by Gasteiger charge is -2.15. The predicted octanol–water partition coefficient (Wildman–Crippen LogP) is 4.26. The number of hydrogen-bond acceptors (Lipinski definition) is 4. The van der Waals surface area contributed by atoms with Crippen molar-refractivity contribution in [1.82, 2.24) is 10.3 Å². The molecular weight excluding hydrogens is 363 g/mol. The first-order valence-corrected chi connectivity index (χ1v) is 8.50. The van der Waals surface area contributed by atoms with Crippen LogP contribution in [-0.4, -0.2) is 30.4 Å². The number of benzene rings is 1. The van der Waals surface area contributed by atoms with Crippen molar-refractivity contribution in [3.05, 3.63) is 56.3 Å². The predicted molar refractivity (Wildman–Crippen MR) is 98.8 cm³/mol. The van der Waals surface area contributed by atoms with Crippen LogP contribution in [0.3, 0.4) is 0 Å². The van der Waals surface area contributed by atoms with Crippen LogP contribution < -0.4 is 5.32 Å². The fourth-order valence-corrected chi connectivity index (χ4v) is 3.31. The lowest BCUT2D eigenvalue weighted by molar-refractivity contribution is 0.0599. The third-order valence-electron chi connectivity index (χ3n) is 4.10. The molecule has 0 spiro atoms. The lowest BCUT2D eigenvalue weighted by atomic mass is 10.1. The van der Waals surface area contributed by atoms with E-state index in [2.05, 4.69) is 10.3 Å². The van der Waals surface area contributed by atoms with Gasteiger partial charge in [-0.05, 0) is 44.0 Å². The van der Waals surface area contributed by atoms with E-state index in [1.54, 1.807) is 26.0 Å². The normalized spacial score (nSPS) is 12.1. The molecule has 0 saturated carbocycles. The molecule has 1 heterocycles. The largest absolute Gasteiger partial charge is 0.465 e. The number of ketones is 1. The minimum atomic E-state index is -0.459. The van der Waals surface area contributed by atoms with E-state index >= 15 is 0 Å². The Balaban J connectivity index is 2.11. The summed E-state index contributed by atoms with van der Waals surface area (Å²) in [6.07, 6.45) is 0. The van der Waals surface area contributed by atoms with E-state index in [4.69, 9.17) is 27.9 Å². The van der Waals surface area contributed by atoms with Gasteiger partial charge in [0.05, 0.1) is 24.9 Å². The minimum Gasteiger partial charge on any atom is -0.465 e. The van der Waals surface area contributed by atoms with Crippen LogP contribution in [0.2, 0.25) is 10.0 Å². The van der Waals surface area contributed by atoms with Crippen LogP contribution in [0.1, 0.15) is 50.6 Å². The molecule has 0 unspecified atom stereocenters. The maximum Gasteiger partial charge on any atom is 0.339 e. The van der Waals surface area contributed by atoms with Crippen LogP contribution in [0.4, 0.5) is 0 Å². The molecule has 2 N–H and O–H groups in total. The summed E-state index contributed by atoms with van der Waals surface area (Å²) in [5.41, 5.74) is 2.86. The minimum absolute atomic E-state index is 0.0987. The van der Waals surface area contributed by atoms with Crippen molar-refractivity contribution in [1.29, 1.82) is 0 Å². The highest BCUT2D eigenvalue weighted by Crippen LogP contribution is 2.26. The highest BCUT2D eigenvalue weighted by molar-refractivity contribution is 6.35. The Bertz CT molecular complexity index is 815. The van der Waals surface area contributed by atoms with E-state index in [1.165, 1.54) is 7.11 Å². The Morgan fingerprint density at radius 3 is 2.56 bits per heavy atom. The van der Waals surface area contributed by atoms with Crippen LogP contribution in [-0.2, 0) is 4.74 Å². The number of esters is 1. The van der Waals surface area contributed by atoms with Crippen molar-refractivity contribution in [3.8, 4) is 0 Å². The van der Waals surface area contributed by atoms with Crippen LogP contribution in [0, 0.1) is 13.8 Å². The van der Waals surface area contributed by atoms with Gasteiger partial charge in [0.2, 0.25) is 0 Å². The van der Waals surface area contributed by atoms with Gasteiger partial charge in [-0.3, -0.25) is 4.79 Å². The molecule has 0 radical (unpaired) electrons. The van der Waals surface area contributed by atoms with Crippen molar-refractivity contribution in [2.45, 2.75) is 26.8 Å². The van der Waals surface area contributed by atoms with Gasteiger partial charge in [0.15, 0.2) is 5.78 Å². The third-order valence-corrected chi connectivity index (χ3v) is 4.67. The van der Waals surface area contributed by atoms with Gasteiger partial charge in [0.1, 0.15) is 0 Å². The average Bonchev–Trinajstić information content (AvgIpc) is 2.86. The Morgan fingerprint density at radius 1 is 1.28 bits per heavy atom. The molecule has 0 aliphatic carbocycles. The second-order valence-electron chi connectivity index (χ2n) is 5.81. The van der Waals surface area contributed by atoms with E-state index in [-0.39, 0.29) is 18.4 Å². The number of halogens is 2. The second kappa shape index (κ2) is 8.04. The zero-order chi connectivity index (χ0) is 18.7. The molecule has 0 amide bonds. The summed E-state index contributed by atoms with van der Waals surface area (Å²) in [4.78, 5) is 27.3. The number of nitrogens with one attached hydrogen (secondary N) is 2. The molecule has 0 fully saturated rings. The van der Waals surface area contributed by atoms with Gasteiger partial charge >= 0.3 is 5.97 Å². The molecule has 2 aromatic rings. The highest BCUT2D eigenvalue weighted by Gasteiger charge is 2.22. The Morgan fingerprint density at radius 2 is 1.96 bits per heavy atom. The van der Waals surface area contributed by atoms with E-state index in [1.807, 2.05) is 13.0 Å². The molecule has 0 saturated heterocycles. The number of carbonyl (C=O) groups excluding carboxylic acids is 2. The number of hydrogen-bond donors (Lipinski definition) is 2. The van der Waals surface area contributed by atoms with E-state index in [9.17, 15) is 9.59 Å². The maximum atomic E-state index is 12.5. The Hall–Kier alpha value is -1.82. The van der Waals surface area contributed by atoms with Gasteiger partial charge in [-0.1, -0.05) is 29.3 Å². The van der Waals surface area contributed by atoms with Gasteiger partial charge in [-0.15, -0.1) is 0 Å². The van der Waals surface area contributed by atoms with Crippen LogP contribution in [0.5, 0.6) is 0 Å². The standard InChI is InChI=1S/C18H20Cl2N2O3/c1-9-16(18(24)25-4)11(3)22-17(9)15(23)8-21-10(2)13-6-5-12(19)7-14(13)20/h5-7,10,21-22H,8H2,1-4H3/t10-/m1/s1. The zero-order valence-electron chi connectivity index (χ0n) is 14.5. The quantitative estimate of drug-likeness (QED) is 0.578. The molecule has 5 nitrogen and oxygen atoms in total. The SMILES string of the molecule is COC(=O)c1c(C)[nH]c(C(=O)CN[C@H](C)c2ccc(Cl)cc2Cl)c1C. The number of rotatable bonds is 6. The number of aryl methyl sites for hydroxylation is 1. The number of aromatic nitrogens is 1. The summed E-state index contributed by atoms with van der Waals surface area (Å²) < 4.78 is 4.76. The maximum absolute atomic E-state index is 12.5. The number of H-pyrrole nitrogens is 1. The molecule has 7 heteroatoms. The molecule has 1 atom stereocenters. The smallest absolute Gasteiger partial charge is 0.339 e. The molecule has 0 bridgehead atoms. The summed E-state index contributed by atoms with van der Waals surface area (Å²) in [5.74, 6) is -0.604. The summed E-state index contributed by atoms with van der Waals surface area (Å²) >= 11 is 12.1. The van der Waals surface area contributed by atoms with Gasteiger partial charge in [-0.25, -0.2) is 4.79 Å². The van der Waals surface area contributed by atoms with Gasteiger partial charge in [0.25, 0.3) is 0 Å². The summed E-state index contributed by atoms with van der Waals surface area (Å²) in [6, 6.07) is 5.11. The first-order chi connectivity index (χ1) is 11.8. The molecule has 1 aromatic carbocycles. The summed E-state index contributed by atoms with van der Waals surface area (Å²) in [7, 11) is 1.31. The monoisotopic (exact) mass is 382 g/mol. The van der Waals surface area contributed by atoms with E-state index in [0.29, 0.717) is 32.6 Å². The van der Waals surface area contributed by atoms with Gasteiger partial charge < -0.3 is 15.0 Å². The van der Waals surface area contributed by atoms with Crippen molar-refractivity contribution in [3.63, 3.8) is 0 Å². The fourth-order valence-electron chi connectivity index (χ4n) is 2.73. The van der Waals surface area contributed by atoms with Gasteiger partial charge in [-0.2, -0.15) is 0 Å². The fraction of sp³-hybridized carbons (Fsp3) is 0.333. The number of Topliss-reactive ketones (excluding diaryl/α,β-unsaturated/α-hetero) is 1. The second-order valence-corrected chi connectivity index (χ2v) is 6.65. The molecule has 2 rings (SSSR count). The van der Waals surface area contributed by atoms with E-state index in [0.717, 1.165) is 5.56 Å². The van der Waals surface area contributed by atoms with Crippen molar-refractivity contribution >= 4 is 35.0 Å². The molecule has 134 valence electrons. The first kappa shape index (κ1) is 19.5. The lowest BCUT2D eigenvalue weighted by Crippen LogP contribution is -2.26. The van der Waals surface area contributed by atoms with Crippen molar-refractivity contribution < 1.29 is 14.3 Å². The Kier molecular flexibility index (Phi) is 6.27. The van der Waals surface area contributed by atoms with Gasteiger partial charge in [0, 0.05) is 21.8 Å². The Labute approximate surface area is 156 Å². The van der Waals surface area contributed by atoms with E-state index < -0.39 is 5.97 Å². The van der Waals surface area contributed by atoms with Crippen LogP contribution in [0.15, 0.2) is 18.2 Å². The zero-order valence-corrected chi connectivity index (χ0v) is 16.0.